The molecule has 0 aromatic carbocycles. The molecule has 33 heavy (non-hydrogen) atoms. The number of likely N-dealkylation sites (tertiary alicyclic amines) is 1. The fraction of sp³-hybridized carbons (Fsp3) is 0.409. The normalized spacial score (nSPS) is 22.4. The highest BCUT2D eigenvalue weighted by molar-refractivity contribution is 6.31. The van der Waals surface area contributed by atoms with Gasteiger partial charge in [0.25, 0.3) is 0 Å². The molecule has 5 rings (SSSR count). The molecular weight excluding hydrogens is 451 g/mol. The van der Waals surface area contributed by atoms with E-state index in [4.69, 9.17) is 16.7 Å². The minimum Gasteiger partial charge on any atom is -0.481 e. The van der Waals surface area contributed by atoms with Crippen LogP contribution in [0.5, 0.6) is 0 Å². The van der Waals surface area contributed by atoms with Gasteiger partial charge in [0.05, 0.1) is 23.1 Å². The van der Waals surface area contributed by atoms with Crippen molar-refractivity contribution in [2.24, 2.45) is 17.8 Å². The number of anilines is 1. The summed E-state index contributed by atoms with van der Waals surface area (Å²) in [6.45, 7) is 1.58. The van der Waals surface area contributed by atoms with Gasteiger partial charge in [-0.25, -0.2) is 19.3 Å². The SMILES string of the molecule is O=C(O)[C@H]1C[C@H]1C(=O)N1CCCC(CNc2nc(-c3c[nH]c4ncc(Cl)cc34)ncc2F)C1. The third-order valence-corrected chi connectivity index (χ3v) is 6.50. The summed E-state index contributed by atoms with van der Waals surface area (Å²) in [5.74, 6) is -2.00. The van der Waals surface area contributed by atoms with E-state index >= 15 is 0 Å². The first-order valence-electron chi connectivity index (χ1n) is 10.8. The van der Waals surface area contributed by atoms with Gasteiger partial charge < -0.3 is 20.3 Å². The van der Waals surface area contributed by atoms with E-state index in [2.05, 4.69) is 25.3 Å². The molecule has 0 bridgehead atoms. The fourth-order valence-electron chi connectivity index (χ4n) is 4.43. The number of fused-ring (bicyclic) bond motifs is 1. The molecule has 2 fully saturated rings. The standard InChI is InChI=1S/C22H22ClFN6O3/c23-12-4-13-16(8-27-18(13)26-7-12)19-28-9-17(24)20(29-19)25-6-11-2-1-3-30(10-11)21(31)14-5-15(14)22(32)33/h4,7-9,11,14-15H,1-3,5-6,10H2,(H,26,27)(H,32,33)(H,25,28,29)/t11?,14-,15+/m1/s1. The number of hydrogen-bond donors (Lipinski definition) is 3. The van der Waals surface area contributed by atoms with Gasteiger partial charge in [0.15, 0.2) is 17.5 Å². The van der Waals surface area contributed by atoms with Gasteiger partial charge >= 0.3 is 5.97 Å². The van der Waals surface area contributed by atoms with Crippen LogP contribution in [0.25, 0.3) is 22.4 Å². The molecule has 3 aromatic heterocycles. The number of amides is 1. The highest BCUT2D eigenvalue weighted by atomic mass is 35.5. The van der Waals surface area contributed by atoms with Crippen LogP contribution in [0.3, 0.4) is 0 Å². The zero-order chi connectivity index (χ0) is 23.1. The largest absolute Gasteiger partial charge is 0.481 e. The van der Waals surface area contributed by atoms with E-state index in [0.29, 0.717) is 48.1 Å². The molecule has 11 heteroatoms. The quantitative estimate of drug-likeness (QED) is 0.503. The third kappa shape index (κ3) is 4.35. The predicted molar refractivity (Wildman–Crippen MR) is 119 cm³/mol. The molecule has 0 radical (unpaired) electrons. The lowest BCUT2D eigenvalue weighted by Gasteiger charge is -2.33. The van der Waals surface area contributed by atoms with E-state index in [1.54, 1.807) is 17.2 Å². The molecule has 1 saturated heterocycles. The van der Waals surface area contributed by atoms with Crippen LogP contribution in [0.2, 0.25) is 5.02 Å². The van der Waals surface area contributed by atoms with Gasteiger partial charge in [0.2, 0.25) is 5.91 Å². The Morgan fingerprint density at radius 1 is 1.30 bits per heavy atom. The molecule has 172 valence electrons. The molecule has 9 nitrogen and oxygen atoms in total. The summed E-state index contributed by atoms with van der Waals surface area (Å²) in [5.41, 5.74) is 1.29. The maximum atomic E-state index is 14.4. The number of piperidine rings is 1. The number of nitrogens with zero attached hydrogens (tertiary/aromatic N) is 4. The molecular formula is C22H22ClFN6O3. The first-order valence-corrected chi connectivity index (χ1v) is 11.2. The number of carboxylic acid groups (broad SMARTS) is 1. The van der Waals surface area contributed by atoms with Crippen molar-refractivity contribution in [1.29, 1.82) is 0 Å². The van der Waals surface area contributed by atoms with Crippen LogP contribution >= 0.6 is 11.6 Å². The molecule has 3 N–H and O–H groups in total. The molecule has 1 saturated carbocycles. The second kappa shape index (κ2) is 8.58. The van der Waals surface area contributed by atoms with Crippen molar-refractivity contribution >= 4 is 40.3 Å². The van der Waals surface area contributed by atoms with Crippen molar-refractivity contribution in [1.82, 2.24) is 24.8 Å². The van der Waals surface area contributed by atoms with Gasteiger partial charge in [-0.2, -0.15) is 0 Å². The van der Waals surface area contributed by atoms with Crippen molar-refractivity contribution in [3.05, 3.63) is 35.5 Å². The van der Waals surface area contributed by atoms with Crippen LogP contribution in [0.15, 0.2) is 24.7 Å². The first-order chi connectivity index (χ1) is 15.9. The lowest BCUT2D eigenvalue weighted by Crippen LogP contribution is -2.43. The van der Waals surface area contributed by atoms with E-state index in [-0.39, 0.29) is 17.6 Å². The minimum absolute atomic E-state index is 0.0842. The molecule has 1 amide bonds. The van der Waals surface area contributed by atoms with Gasteiger partial charge in [-0.15, -0.1) is 0 Å². The molecule has 1 aliphatic carbocycles. The zero-order valence-corrected chi connectivity index (χ0v) is 18.3. The number of carboxylic acids is 1. The minimum atomic E-state index is -0.910. The molecule has 3 aromatic rings. The summed E-state index contributed by atoms with van der Waals surface area (Å²) >= 11 is 6.06. The summed E-state index contributed by atoms with van der Waals surface area (Å²) in [6, 6.07) is 1.75. The predicted octanol–water partition coefficient (Wildman–Crippen LogP) is 3.18. The topological polar surface area (TPSA) is 124 Å². The van der Waals surface area contributed by atoms with Crippen LogP contribution in [0, 0.1) is 23.6 Å². The average molecular weight is 473 g/mol. The molecule has 4 heterocycles. The van der Waals surface area contributed by atoms with Crippen LogP contribution < -0.4 is 5.32 Å². The van der Waals surface area contributed by atoms with E-state index in [1.807, 2.05) is 0 Å². The molecule has 0 spiro atoms. The van der Waals surface area contributed by atoms with Gasteiger partial charge in [-0.05, 0) is 31.2 Å². The number of nitrogens with one attached hydrogen (secondary N) is 2. The number of aromatic nitrogens is 4. The maximum Gasteiger partial charge on any atom is 0.307 e. The van der Waals surface area contributed by atoms with Gasteiger partial charge in [-0.3, -0.25) is 9.59 Å². The summed E-state index contributed by atoms with van der Waals surface area (Å²) < 4.78 is 14.4. The van der Waals surface area contributed by atoms with E-state index < -0.39 is 23.6 Å². The van der Waals surface area contributed by atoms with Crippen LogP contribution in [-0.2, 0) is 9.59 Å². The molecule has 1 unspecified atom stereocenters. The van der Waals surface area contributed by atoms with Crippen molar-refractivity contribution in [2.45, 2.75) is 19.3 Å². The lowest BCUT2D eigenvalue weighted by atomic mass is 9.97. The molecule has 1 aliphatic heterocycles. The summed E-state index contributed by atoms with van der Waals surface area (Å²) in [4.78, 5) is 41.2. The van der Waals surface area contributed by atoms with E-state index in [0.717, 1.165) is 24.4 Å². The highest BCUT2D eigenvalue weighted by Crippen LogP contribution is 2.40. The van der Waals surface area contributed by atoms with Gasteiger partial charge in [0.1, 0.15) is 5.65 Å². The monoisotopic (exact) mass is 472 g/mol. The fourth-order valence-corrected chi connectivity index (χ4v) is 4.59. The second-order valence-electron chi connectivity index (χ2n) is 8.60. The van der Waals surface area contributed by atoms with Crippen LogP contribution in [-0.4, -0.2) is 61.5 Å². The summed E-state index contributed by atoms with van der Waals surface area (Å²) in [7, 11) is 0. The van der Waals surface area contributed by atoms with E-state index in [1.165, 1.54) is 6.20 Å². The van der Waals surface area contributed by atoms with Crippen molar-refractivity contribution in [3.8, 4) is 11.4 Å². The Morgan fingerprint density at radius 3 is 2.94 bits per heavy atom. The first kappa shape index (κ1) is 21.6. The van der Waals surface area contributed by atoms with Gasteiger partial charge in [-0.1, -0.05) is 11.6 Å². The highest BCUT2D eigenvalue weighted by Gasteiger charge is 2.50. The van der Waals surface area contributed by atoms with Crippen molar-refractivity contribution in [3.63, 3.8) is 0 Å². The van der Waals surface area contributed by atoms with E-state index in [9.17, 15) is 14.0 Å². The Hall–Kier alpha value is -3.27. The number of aromatic amines is 1. The number of aliphatic carboxylic acids is 1. The number of pyridine rings is 1. The van der Waals surface area contributed by atoms with Crippen LogP contribution in [0.4, 0.5) is 10.2 Å². The Balaban J connectivity index is 1.26. The van der Waals surface area contributed by atoms with Crippen LogP contribution in [0.1, 0.15) is 19.3 Å². The summed E-state index contributed by atoms with van der Waals surface area (Å²) in [6.07, 6.45) is 6.48. The Labute approximate surface area is 193 Å². The Kier molecular flexibility index (Phi) is 5.61. The number of carbonyl (C=O) groups is 2. The Morgan fingerprint density at radius 2 is 2.15 bits per heavy atom. The molecule has 2 aliphatic rings. The number of rotatable bonds is 6. The van der Waals surface area contributed by atoms with Gasteiger partial charge in [0, 0.05) is 43.0 Å². The Bertz CT molecular complexity index is 1230. The second-order valence-corrected chi connectivity index (χ2v) is 9.04. The number of H-pyrrole nitrogens is 1. The maximum absolute atomic E-state index is 14.4. The average Bonchev–Trinajstić information content (AvgIpc) is 3.52. The van der Waals surface area contributed by atoms with Crippen molar-refractivity contribution in [2.75, 3.05) is 25.0 Å². The lowest BCUT2D eigenvalue weighted by molar-refractivity contribution is -0.142. The smallest absolute Gasteiger partial charge is 0.307 e. The number of hydrogen-bond acceptors (Lipinski definition) is 6. The number of halogens is 2. The summed E-state index contributed by atoms with van der Waals surface area (Å²) in [5, 5.41) is 13.4. The van der Waals surface area contributed by atoms with Crippen molar-refractivity contribution < 1.29 is 19.1 Å². The third-order valence-electron chi connectivity index (χ3n) is 6.30. The number of carbonyl (C=O) groups excluding carboxylic acids is 1. The zero-order valence-electron chi connectivity index (χ0n) is 17.6. The molecule has 3 atom stereocenters.